The summed E-state index contributed by atoms with van der Waals surface area (Å²) in [5, 5.41) is 4.20. The van der Waals surface area contributed by atoms with E-state index >= 15 is 0 Å². The quantitative estimate of drug-likeness (QED) is 0.574. The van der Waals surface area contributed by atoms with E-state index in [4.69, 9.17) is 5.73 Å². The SMILES string of the molecule is CCc1nc(NC)c(C)c(Sc2nc(N)cc(=O)[nH]2)n1. The summed E-state index contributed by atoms with van der Waals surface area (Å²) in [7, 11) is 1.81. The van der Waals surface area contributed by atoms with E-state index in [0.717, 1.165) is 28.7 Å². The van der Waals surface area contributed by atoms with Gasteiger partial charge in [-0.1, -0.05) is 6.92 Å². The van der Waals surface area contributed by atoms with E-state index in [1.54, 1.807) is 0 Å². The highest BCUT2D eigenvalue weighted by Gasteiger charge is 2.12. The molecule has 0 aliphatic carbocycles. The third-order valence-corrected chi connectivity index (χ3v) is 3.61. The van der Waals surface area contributed by atoms with Gasteiger partial charge in [0.1, 0.15) is 22.5 Å². The first kappa shape index (κ1) is 14.3. The number of nitrogens with one attached hydrogen (secondary N) is 2. The molecule has 0 atom stereocenters. The van der Waals surface area contributed by atoms with Crippen LogP contribution in [0.1, 0.15) is 18.3 Å². The molecule has 4 N–H and O–H groups in total. The van der Waals surface area contributed by atoms with Crippen molar-refractivity contribution in [3.63, 3.8) is 0 Å². The summed E-state index contributed by atoms with van der Waals surface area (Å²) in [5.74, 6) is 1.69. The van der Waals surface area contributed by atoms with Crippen molar-refractivity contribution in [2.24, 2.45) is 0 Å². The summed E-state index contributed by atoms with van der Waals surface area (Å²) in [6.07, 6.45) is 0.726. The summed E-state index contributed by atoms with van der Waals surface area (Å²) < 4.78 is 0. The van der Waals surface area contributed by atoms with Crippen molar-refractivity contribution in [3.8, 4) is 0 Å². The Morgan fingerprint density at radius 3 is 2.75 bits per heavy atom. The van der Waals surface area contributed by atoms with Gasteiger partial charge in [-0.2, -0.15) is 0 Å². The molecule has 2 rings (SSSR count). The van der Waals surface area contributed by atoms with Gasteiger partial charge in [-0.05, 0) is 18.7 Å². The molecule has 0 amide bonds. The summed E-state index contributed by atoms with van der Waals surface area (Å²) in [4.78, 5) is 27.0. The van der Waals surface area contributed by atoms with Crippen LogP contribution in [0.5, 0.6) is 0 Å². The molecular weight excluding hydrogens is 276 g/mol. The zero-order chi connectivity index (χ0) is 14.7. The van der Waals surface area contributed by atoms with E-state index in [2.05, 4.69) is 25.3 Å². The van der Waals surface area contributed by atoms with Crippen LogP contribution >= 0.6 is 11.8 Å². The van der Waals surface area contributed by atoms with Crippen LogP contribution in [0.4, 0.5) is 11.6 Å². The van der Waals surface area contributed by atoms with Crippen LogP contribution in [0.15, 0.2) is 21.0 Å². The van der Waals surface area contributed by atoms with E-state index in [0.29, 0.717) is 5.16 Å². The predicted molar refractivity (Wildman–Crippen MR) is 79.1 cm³/mol. The number of nitrogen functional groups attached to an aromatic ring is 1. The highest BCUT2D eigenvalue weighted by molar-refractivity contribution is 7.99. The summed E-state index contributed by atoms with van der Waals surface area (Å²) >= 11 is 1.26. The Kier molecular flexibility index (Phi) is 4.23. The lowest BCUT2D eigenvalue weighted by atomic mass is 10.3. The second-order valence-electron chi connectivity index (χ2n) is 4.10. The average Bonchev–Trinajstić information content (AvgIpc) is 2.40. The number of nitrogens with two attached hydrogens (primary N) is 1. The maximum atomic E-state index is 11.4. The first-order valence-electron chi connectivity index (χ1n) is 6.13. The van der Waals surface area contributed by atoms with Crippen LogP contribution < -0.4 is 16.6 Å². The molecule has 0 unspecified atom stereocenters. The van der Waals surface area contributed by atoms with Gasteiger partial charge >= 0.3 is 0 Å². The molecule has 0 spiro atoms. The van der Waals surface area contributed by atoms with Gasteiger partial charge in [0.15, 0.2) is 5.16 Å². The van der Waals surface area contributed by atoms with Crippen LogP contribution in [0.3, 0.4) is 0 Å². The van der Waals surface area contributed by atoms with Crippen molar-refractivity contribution in [2.75, 3.05) is 18.1 Å². The molecule has 2 aromatic heterocycles. The van der Waals surface area contributed by atoms with Crippen molar-refractivity contribution in [1.29, 1.82) is 0 Å². The number of H-pyrrole nitrogens is 1. The summed E-state index contributed by atoms with van der Waals surface area (Å²) in [6.45, 7) is 3.90. The Hall–Kier alpha value is -2.09. The molecule has 0 bridgehead atoms. The molecule has 8 heteroatoms. The molecule has 0 saturated heterocycles. The zero-order valence-corrected chi connectivity index (χ0v) is 12.3. The van der Waals surface area contributed by atoms with Crippen LogP contribution in [0.2, 0.25) is 0 Å². The minimum absolute atomic E-state index is 0.188. The third-order valence-electron chi connectivity index (χ3n) is 2.63. The molecule has 106 valence electrons. The van der Waals surface area contributed by atoms with Gasteiger partial charge in [0.05, 0.1) is 0 Å². The molecule has 2 heterocycles. The van der Waals surface area contributed by atoms with E-state index in [1.165, 1.54) is 17.8 Å². The number of aromatic nitrogens is 4. The molecule has 2 aromatic rings. The molecule has 0 aromatic carbocycles. The van der Waals surface area contributed by atoms with Gasteiger partial charge in [0, 0.05) is 25.1 Å². The van der Waals surface area contributed by atoms with Crippen molar-refractivity contribution in [1.82, 2.24) is 19.9 Å². The summed E-state index contributed by atoms with van der Waals surface area (Å²) in [5.41, 5.74) is 6.20. The van der Waals surface area contributed by atoms with Gasteiger partial charge in [-0.15, -0.1) is 0 Å². The van der Waals surface area contributed by atoms with Crippen molar-refractivity contribution < 1.29 is 0 Å². The molecule has 0 radical (unpaired) electrons. The number of anilines is 2. The van der Waals surface area contributed by atoms with E-state index < -0.39 is 0 Å². The number of nitrogens with zero attached hydrogens (tertiary/aromatic N) is 3. The fourth-order valence-corrected chi connectivity index (χ4v) is 2.52. The lowest BCUT2D eigenvalue weighted by Crippen LogP contribution is -2.10. The molecule has 0 aliphatic heterocycles. The summed E-state index contributed by atoms with van der Waals surface area (Å²) in [6, 6.07) is 1.24. The number of aromatic amines is 1. The fourth-order valence-electron chi connectivity index (χ4n) is 1.63. The van der Waals surface area contributed by atoms with Crippen LogP contribution in [-0.2, 0) is 6.42 Å². The second-order valence-corrected chi connectivity index (χ2v) is 5.08. The van der Waals surface area contributed by atoms with Crippen molar-refractivity contribution in [3.05, 3.63) is 27.8 Å². The fraction of sp³-hybridized carbons (Fsp3) is 0.333. The first-order chi connectivity index (χ1) is 9.53. The first-order valence-corrected chi connectivity index (χ1v) is 6.95. The standard InChI is InChI=1S/C12H16N6OS/c1-4-8-16-10(14-3)6(2)11(17-8)20-12-15-7(13)5-9(19)18-12/h5H,4H2,1-3H3,(H,14,16,17)(H3,13,15,18,19). The number of aryl methyl sites for hydroxylation is 1. The smallest absolute Gasteiger partial charge is 0.253 e. The van der Waals surface area contributed by atoms with Gasteiger partial charge in [0.2, 0.25) is 0 Å². The average molecular weight is 292 g/mol. The Labute approximate surface area is 120 Å². The zero-order valence-electron chi connectivity index (χ0n) is 11.5. The van der Waals surface area contributed by atoms with Gasteiger partial charge in [-0.25, -0.2) is 15.0 Å². The van der Waals surface area contributed by atoms with Gasteiger partial charge in [0.25, 0.3) is 5.56 Å². The maximum Gasteiger partial charge on any atom is 0.253 e. The molecular formula is C12H16N6OS. The largest absolute Gasteiger partial charge is 0.383 e. The van der Waals surface area contributed by atoms with Crippen LogP contribution in [0.25, 0.3) is 0 Å². The number of hydrogen-bond donors (Lipinski definition) is 3. The maximum absolute atomic E-state index is 11.4. The number of rotatable bonds is 4. The molecule has 0 fully saturated rings. The highest BCUT2D eigenvalue weighted by Crippen LogP contribution is 2.28. The second kappa shape index (κ2) is 5.91. The number of hydrogen-bond acceptors (Lipinski definition) is 7. The Balaban J connectivity index is 2.44. The molecule has 7 nitrogen and oxygen atoms in total. The van der Waals surface area contributed by atoms with Gasteiger partial charge in [-0.3, -0.25) is 4.79 Å². The minimum atomic E-state index is -0.281. The molecule has 20 heavy (non-hydrogen) atoms. The predicted octanol–water partition coefficient (Wildman–Crippen LogP) is 1.21. The van der Waals surface area contributed by atoms with Gasteiger partial charge < -0.3 is 16.0 Å². The topological polar surface area (TPSA) is 110 Å². The molecule has 0 aliphatic rings. The Morgan fingerprint density at radius 1 is 1.40 bits per heavy atom. The van der Waals surface area contributed by atoms with Crippen molar-refractivity contribution >= 4 is 23.4 Å². The van der Waals surface area contributed by atoms with Crippen LogP contribution in [-0.4, -0.2) is 27.0 Å². The van der Waals surface area contributed by atoms with E-state index in [-0.39, 0.29) is 11.4 Å². The Bertz CT molecular complexity index is 684. The van der Waals surface area contributed by atoms with E-state index in [1.807, 2.05) is 20.9 Å². The normalized spacial score (nSPS) is 10.6. The lowest BCUT2D eigenvalue weighted by Gasteiger charge is -2.10. The van der Waals surface area contributed by atoms with E-state index in [9.17, 15) is 4.79 Å². The highest BCUT2D eigenvalue weighted by atomic mass is 32.2. The van der Waals surface area contributed by atoms with Crippen molar-refractivity contribution in [2.45, 2.75) is 30.5 Å². The minimum Gasteiger partial charge on any atom is -0.383 e. The van der Waals surface area contributed by atoms with Crippen LogP contribution in [0, 0.1) is 6.92 Å². The third kappa shape index (κ3) is 3.08. The molecule has 0 saturated carbocycles. The lowest BCUT2D eigenvalue weighted by molar-refractivity contribution is 0.867. The monoisotopic (exact) mass is 292 g/mol. The Morgan fingerprint density at radius 2 is 2.15 bits per heavy atom.